The van der Waals surface area contributed by atoms with Crippen molar-refractivity contribution in [1.82, 2.24) is 9.97 Å². The van der Waals surface area contributed by atoms with Gasteiger partial charge in [0.1, 0.15) is 12.4 Å². The van der Waals surface area contributed by atoms with Crippen LogP contribution in [0.3, 0.4) is 0 Å². The Morgan fingerprint density at radius 3 is 2.34 bits per heavy atom. The summed E-state index contributed by atoms with van der Waals surface area (Å²) in [5, 5.41) is 9.99. The van der Waals surface area contributed by atoms with E-state index >= 15 is 0 Å². The summed E-state index contributed by atoms with van der Waals surface area (Å²) in [5.41, 5.74) is 0.165. The van der Waals surface area contributed by atoms with E-state index in [9.17, 15) is 14.3 Å². The van der Waals surface area contributed by atoms with Crippen molar-refractivity contribution in [3.63, 3.8) is 0 Å². The van der Waals surface area contributed by atoms with Crippen LogP contribution in [0, 0.1) is 5.82 Å². The van der Waals surface area contributed by atoms with Crippen LogP contribution < -0.4 is 9.47 Å². The van der Waals surface area contributed by atoms with Gasteiger partial charge in [0, 0.05) is 23.4 Å². The fourth-order valence-electron chi connectivity index (χ4n) is 2.67. The van der Waals surface area contributed by atoms with Crippen molar-refractivity contribution in [2.75, 3.05) is 0 Å². The van der Waals surface area contributed by atoms with Crippen LogP contribution in [0.2, 0.25) is 5.02 Å². The average Bonchev–Trinajstić information content (AvgIpc) is 3.49. The van der Waals surface area contributed by atoms with E-state index in [0.29, 0.717) is 23.4 Å². The molecule has 1 N–H and O–H groups in total. The number of carbonyl (C=O) groups is 1. The number of aliphatic carboxylic acids is 1. The van der Waals surface area contributed by atoms with Crippen LogP contribution in [0.25, 0.3) is 11.4 Å². The zero-order valence-corrected chi connectivity index (χ0v) is 15.9. The number of ether oxygens (including phenoxy) is 2. The lowest BCUT2D eigenvalue weighted by Crippen LogP contribution is -2.29. The van der Waals surface area contributed by atoms with Gasteiger partial charge in [-0.1, -0.05) is 23.7 Å². The fourth-order valence-corrected chi connectivity index (χ4v) is 2.80. The lowest BCUT2D eigenvalue weighted by molar-refractivity contribution is -0.147. The van der Waals surface area contributed by atoms with E-state index in [4.69, 9.17) is 21.1 Å². The van der Waals surface area contributed by atoms with Gasteiger partial charge in [0.2, 0.25) is 17.4 Å². The number of nitrogens with zero attached hydrogens (tertiary/aromatic N) is 2. The summed E-state index contributed by atoms with van der Waals surface area (Å²) in [7, 11) is 0. The standard InChI is InChI=1S/C21H16ClFN2O4/c22-15-5-1-13(2-6-15)12-28-17-11-18(29-21(9-10-21)20(26)27)25-19(24-17)14-3-7-16(23)8-4-14/h1-8,11H,9-10,12H2,(H,26,27). The molecule has 8 heteroatoms. The van der Waals surface area contributed by atoms with Crippen molar-refractivity contribution >= 4 is 17.6 Å². The molecule has 4 rings (SSSR count). The predicted molar refractivity (Wildman–Crippen MR) is 103 cm³/mol. The number of carboxylic acids is 1. The third-order valence-corrected chi connectivity index (χ3v) is 4.73. The summed E-state index contributed by atoms with van der Waals surface area (Å²) in [4.78, 5) is 20.1. The molecule has 0 radical (unpaired) electrons. The Kier molecular flexibility index (Phi) is 5.07. The quantitative estimate of drug-likeness (QED) is 0.612. The monoisotopic (exact) mass is 414 g/mol. The van der Waals surface area contributed by atoms with E-state index in [0.717, 1.165) is 5.56 Å². The van der Waals surface area contributed by atoms with Crippen LogP contribution in [0.1, 0.15) is 18.4 Å². The molecule has 0 unspecified atom stereocenters. The van der Waals surface area contributed by atoms with E-state index in [1.54, 1.807) is 12.1 Å². The normalized spacial score (nSPS) is 14.3. The smallest absolute Gasteiger partial charge is 0.348 e. The van der Waals surface area contributed by atoms with E-state index in [1.807, 2.05) is 12.1 Å². The Morgan fingerprint density at radius 1 is 1.07 bits per heavy atom. The third kappa shape index (κ3) is 4.46. The number of benzene rings is 2. The van der Waals surface area contributed by atoms with Crippen LogP contribution in [-0.4, -0.2) is 26.6 Å². The summed E-state index contributed by atoms with van der Waals surface area (Å²) in [6, 6.07) is 14.2. The fraction of sp³-hybridized carbons (Fsp3) is 0.190. The van der Waals surface area contributed by atoms with E-state index in [-0.39, 0.29) is 30.0 Å². The highest BCUT2D eigenvalue weighted by Crippen LogP contribution is 2.40. The van der Waals surface area contributed by atoms with Gasteiger partial charge in [-0.25, -0.2) is 9.18 Å². The molecule has 148 valence electrons. The summed E-state index contributed by atoms with van der Waals surface area (Å²) >= 11 is 5.89. The van der Waals surface area contributed by atoms with E-state index < -0.39 is 11.6 Å². The second-order valence-corrected chi connectivity index (χ2v) is 7.13. The molecule has 0 amide bonds. The predicted octanol–water partition coefficient (Wildman–Crippen LogP) is 4.51. The van der Waals surface area contributed by atoms with Crippen LogP contribution in [-0.2, 0) is 11.4 Å². The summed E-state index contributed by atoms with van der Waals surface area (Å²) in [5.74, 6) is -0.878. The third-order valence-electron chi connectivity index (χ3n) is 4.48. The molecular weight excluding hydrogens is 399 g/mol. The van der Waals surface area contributed by atoms with Crippen LogP contribution in [0.5, 0.6) is 11.8 Å². The highest BCUT2D eigenvalue weighted by atomic mass is 35.5. The second-order valence-electron chi connectivity index (χ2n) is 6.69. The number of hydrogen-bond donors (Lipinski definition) is 1. The summed E-state index contributed by atoms with van der Waals surface area (Å²) in [6.07, 6.45) is 0.804. The number of halogens is 2. The number of carboxylic acid groups (broad SMARTS) is 1. The summed E-state index contributed by atoms with van der Waals surface area (Å²) in [6.45, 7) is 0.223. The van der Waals surface area contributed by atoms with Crippen molar-refractivity contribution in [3.8, 4) is 23.1 Å². The van der Waals surface area contributed by atoms with Gasteiger partial charge in [-0.05, 0) is 42.0 Å². The Morgan fingerprint density at radius 2 is 1.72 bits per heavy atom. The SMILES string of the molecule is O=C(O)C1(Oc2cc(OCc3ccc(Cl)cc3)nc(-c3ccc(F)cc3)n2)CC1. The van der Waals surface area contributed by atoms with Crippen molar-refractivity contribution < 1.29 is 23.8 Å². The van der Waals surface area contributed by atoms with Gasteiger partial charge in [0.25, 0.3) is 0 Å². The zero-order valence-electron chi connectivity index (χ0n) is 15.1. The minimum Gasteiger partial charge on any atom is -0.478 e. The lowest BCUT2D eigenvalue weighted by atomic mass is 10.2. The van der Waals surface area contributed by atoms with E-state index in [1.165, 1.54) is 30.3 Å². The molecule has 0 spiro atoms. The van der Waals surface area contributed by atoms with E-state index in [2.05, 4.69) is 9.97 Å². The molecule has 1 aliphatic rings. The van der Waals surface area contributed by atoms with Gasteiger partial charge in [0.05, 0.1) is 6.07 Å². The molecule has 0 aliphatic heterocycles. The first-order chi connectivity index (χ1) is 13.9. The molecule has 1 fully saturated rings. The van der Waals surface area contributed by atoms with Gasteiger partial charge in [-0.15, -0.1) is 0 Å². The van der Waals surface area contributed by atoms with Crippen molar-refractivity contribution in [2.24, 2.45) is 0 Å². The minimum atomic E-state index is -1.26. The molecule has 3 aromatic rings. The molecule has 1 saturated carbocycles. The molecule has 1 aliphatic carbocycles. The molecular formula is C21H16ClFN2O4. The first kappa shape index (κ1) is 19.1. The van der Waals surface area contributed by atoms with Gasteiger partial charge < -0.3 is 14.6 Å². The maximum absolute atomic E-state index is 13.3. The van der Waals surface area contributed by atoms with Gasteiger partial charge in [0.15, 0.2) is 5.82 Å². The molecule has 1 aromatic heterocycles. The Balaban J connectivity index is 1.62. The number of rotatable bonds is 7. The molecule has 0 saturated heterocycles. The molecule has 0 atom stereocenters. The van der Waals surface area contributed by atoms with Gasteiger partial charge in [-0.3, -0.25) is 0 Å². The van der Waals surface area contributed by atoms with Crippen molar-refractivity contribution in [3.05, 3.63) is 71.0 Å². The first-order valence-corrected chi connectivity index (χ1v) is 9.26. The Bertz CT molecular complexity index is 1040. The maximum Gasteiger partial charge on any atom is 0.348 e. The highest BCUT2D eigenvalue weighted by molar-refractivity contribution is 6.30. The van der Waals surface area contributed by atoms with Gasteiger partial charge in [-0.2, -0.15) is 9.97 Å². The lowest BCUT2D eigenvalue weighted by Gasteiger charge is -2.15. The molecule has 0 bridgehead atoms. The number of hydrogen-bond acceptors (Lipinski definition) is 5. The van der Waals surface area contributed by atoms with Crippen LogP contribution in [0.15, 0.2) is 54.6 Å². The number of aromatic nitrogens is 2. The molecule has 29 heavy (non-hydrogen) atoms. The molecule has 6 nitrogen and oxygen atoms in total. The average molecular weight is 415 g/mol. The maximum atomic E-state index is 13.3. The summed E-state index contributed by atoms with van der Waals surface area (Å²) < 4.78 is 24.7. The first-order valence-electron chi connectivity index (χ1n) is 8.88. The molecule has 2 aromatic carbocycles. The van der Waals surface area contributed by atoms with Gasteiger partial charge >= 0.3 is 5.97 Å². The Hall–Kier alpha value is -3.19. The van der Waals surface area contributed by atoms with Crippen LogP contribution in [0.4, 0.5) is 4.39 Å². The molecule has 1 heterocycles. The highest BCUT2D eigenvalue weighted by Gasteiger charge is 2.54. The van der Waals surface area contributed by atoms with Crippen LogP contribution >= 0.6 is 11.6 Å². The zero-order chi connectivity index (χ0) is 20.4. The van der Waals surface area contributed by atoms with Crippen molar-refractivity contribution in [1.29, 1.82) is 0 Å². The van der Waals surface area contributed by atoms with Crippen molar-refractivity contribution in [2.45, 2.75) is 25.0 Å². The largest absolute Gasteiger partial charge is 0.478 e. The Labute approximate surface area is 170 Å². The second kappa shape index (κ2) is 7.67. The topological polar surface area (TPSA) is 81.5 Å². The minimum absolute atomic E-state index is 0.0883.